The molecule has 0 radical (unpaired) electrons. The van der Waals surface area contributed by atoms with Crippen molar-refractivity contribution >= 4 is 45.0 Å². The highest BCUT2D eigenvalue weighted by molar-refractivity contribution is 9.11. The summed E-state index contributed by atoms with van der Waals surface area (Å²) in [6.45, 7) is 6.14. The molecule has 0 unspecified atom stereocenters. The highest BCUT2D eigenvalue weighted by atomic mass is 79.9. The number of carbonyl (C=O) groups is 1. The zero-order chi connectivity index (χ0) is 16.3. The van der Waals surface area contributed by atoms with Crippen LogP contribution in [0.3, 0.4) is 0 Å². The number of rotatable bonds is 5. The maximum atomic E-state index is 12.2. The van der Waals surface area contributed by atoms with Gasteiger partial charge in [-0.25, -0.2) is 4.68 Å². The van der Waals surface area contributed by atoms with Crippen molar-refractivity contribution in [1.29, 1.82) is 0 Å². The molecule has 2 aromatic rings. The largest absolute Gasteiger partial charge is 0.347 e. The molecule has 0 atom stereocenters. The first kappa shape index (κ1) is 17.1. The van der Waals surface area contributed by atoms with Gasteiger partial charge in [-0.15, -0.1) is 0 Å². The fourth-order valence-electron chi connectivity index (χ4n) is 1.97. The number of aryl methyl sites for hydroxylation is 1. The van der Waals surface area contributed by atoms with Crippen LogP contribution in [0.5, 0.6) is 0 Å². The van der Waals surface area contributed by atoms with Crippen LogP contribution in [0.2, 0.25) is 10.2 Å². The van der Waals surface area contributed by atoms with Crippen LogP contribution in [0.25, 0.3) is 0 Å². The summed E-state index contributed by atoms with van der Waals surface area (Å²) < 4.78 is 2.24. The maximum Gasteiger partial charge on any atom is 0.256 e. The maximum absolute atomic E-state index is 12.2. The Labute approximate surface area is 147 Å². The van der Waals surface area contributed by atoms with Gasteiger partial charge in [0, 0.05) is 16.0 Å². The Morgan fingerprint density at radius 3 is 2.73 bits per heavy atom. The van der Waals surface area contributed by atoms with Gasteiger partial charge in [-0.2, -0.15) is 5.10 Å². The highest BCUT2D eigenvalue weighted by Gasteiger charge is 2.20. The van der Waals surface area contributed by atoms with Crippen molar-refractivity contribution in [2.24, 2.45) is 0 Å². The van der Waals surface area contributed by atoms with Gasteiger partial charge in [0.1, 0.15) is 5.15 Å². The van der Waals surface area contributed by atoms with Crippen LogP contribution in [0.1, 0.15) is 21.6 Å². The molecular formula is C15H14BrCl2N3O. The first-order valence-corrected chi connectivity index (χ1v) is 8.03. The lowest BCUT2D eigenvalue weighted by Gasteiger charge is -2.06. The second-order valence-electron chi connectivity index (χ2n) is 4.70. The first-order valence-electron chi connectivity index (χ1n) is 6.48. The number of hydrogen-bond donors (Lipinski definition) is 1. The Morgan fingerprint density at radius 2 is 2.09 bits per heavy atom. The van der Waals surface area contributed by atoms with Gasteiger partial charge in [-0.1, -0.05) is 63.9 Å². The fourth-order valence-corrected chi connectivity index (χ4v) is 2.62. The lowest BCUT2D eigenvalue weighted by Crippen LogP contribution is -2.25. The van der Waals surface area contributed by atoms with E-state index >= 15 is 0 Å². The monoisotopic (exact) mass is 401 g/mol. The summed E-state index contributed by atoms with van der Waals surface area (Å²) >= 11 is 15.6. The first-order chi connectivity index (χ1) is 10.4. The van der Waals surface area contributed by atoms with Gasteiger partial charge in [0.2, 0.25) is 0 Å². The van der Waals surface area contributed by atoms with Crippen molar-refractivity contribution in [1.82, 2.24) is 15.1 Å². The molecule has 1 heterocycles. The Hall–Kier alpha value is -1.30. The van der Waals surface area contributed by atoms with Crippen molar-refractivity contribution in [3.63, 3.8) is 0 Å². The third-order valence-electron chi connectivity index (χ3n) is 3.01. The molecular weight excluding hydrogens is 389 g/mol. The van der Waals surface area contributed by atoms with Crippen LogP contribution in [-0.4, -0.2) is 22.2 Å². The van der Waals surface area contributed by atoms with Gasteiger partial charge in [0.05, 0.1) is 17.8 Å². The van der Waals surface area contributed by atoms with E-state index in [9.17, 15) is 4.79 Å². The average molecular weight is 403 g/mol. The smallest absolute Gasteiger partial charge is 0.256 e. The summed E-state index contributed by atoms with van der Waals surface area (Å²) in [5.74, 6) is -0.284. The normalized spacial score (nSPS) is 10.5. The van der Waals surface area contributed by atoms with E-state index < -0.39 is 0 Å². The molecule has 0 aliphatic heterocycles. The van der Waals surface area contributed by atoms with Crippen LogP contribution >= 0.6 is 39.1 Å². The van der Waals surface area contributed by atoms with Crippen LogP contribution in [0.15, 0.2) is 35.3 Å². The summed E-state index contributed by atoms with van der Waals surface area (Å²) in [5, 5.41) is 7.97. The lowest BCUT2D eigenvalue weighted by molar-refractivity contribution is 0.0957. The van der Waals surface area contributed by atoms with E-state index in [1.165, 1.54) is 0 Å². The quantitative estimate of drug-likeness (QED) is 0.815. The predicted octanol–water partition coefficient (Wildman–Crippen LogP) is 4.19. The summed E-state index contributed by atoms with van der Waals surface area (Å²) in [4.78, 5) is 12.2. The van der Waals surface area contributed by atoms with E-state index in [0.29, 0.717) is 33.9 Å². The van der Waals surface area contributed by atoms with Crippen LogP contribution in [-0.2, 0) is 6.54 Å². The van der Waals surface area contributed by atoms with E-state index in [1.54, 1.807) is 17.7 Å². The van der Waals surface area contributed by atoms with Crippen molar-refractivity contribution < 1.29 is 4.79 Å². The number of nitrogens with zero attached hydrogens (tertiary/aromatic N) is 2. The summed E-state index contributed by atoms with van der Waals surface area (Å²) in [6, 6.07) is 7.44. The topological polar surface area (TPSA) is 46.9 Å². The standard InChI is InChI=1S/C15H14BrCl2N3O/c1-9(16)7-19-15(22)13-10(2)20-21(14(13)18)8-11-5-3-4-6-12(11)17/h3-6H,1,7-8H2,2H3,(H,19,22). The number of nitrogens with one attached hydrogen (secondary N) is 1. The molecule has 0 spiro atoms. The molecule has 1 aromatic heterocycles. The van der Waals surface area contributed by atoms with E-state index in [0.717, 1.165) is 5.56 Å². The third kappa shape index (κ3) is 3.91. The van der Waals surface area contributed by atoms with Gasteiger partial charge >= 0.3 is 0 Å². The van der Waals surface area contributed by atoms with Gasteiger partial charge in [-0.3, -0.25) is 4.79 Å². The van der Waals surface area contributed by atoms with Crippen LogP contribution in [0, 0.1) is 6.92 Å². The molecule has 4 nitrogen and oxygen atoms in total. The van der Waals surface area contributed by atoms with Gasteiger partial charge in [0.15, 0.2) is 0 Å². The van der Waals surface area contributed by atoms with E-state index in [4.69, 9.17) is 23.2 Å². The summed E-state index contributed by atoms with van der Waals surface area (Å²) in [7, 11) is 0. The molecule has 22 heavy (non-hydrogen) atoms. The molecule has 1 amide bonds. The predicted molar refractivity (Wildman–Crippen MR) is 92.9 cm³/mol. The van der Waals surface area contributed by atoms with Crippen LogP contribution < -0.4 is 5.32 Å². The molecule has 1 N–H and O–H groups in total. The Morgan fingerprint density at radius 1 is 1.41 bits per heavy atom. The zero-order valence-electron chi connectivity index (χ0n) is 11.9. The Kier molecular flexibility index (Phi) is 5.67. The molecule has 0 fully saturated rings. The molecule has 0 bridgehead atoms. The van der Waals surface area contributed by atoms with E-state index in [2.05, 4.69) is 32.9 Å². The minimum absolute atomic E-state index is 0.284. The highest BCUT2D eigenvalue weighted by Crippen LogP contribution is 2.23. The molecule has 0 aliphatic carbocycles. The van der Waals surface area contributed by atoms with E-state index in [1.807, 2.05) is 18.2 Å². The molecule has 2 rings (SSSR count). The number of hydrogen-bond acceptors (Lipinski definition) is 2. The third-order valence-corrected chi connectivity index (χ3v) is 4.04. The van der Waals surface area contributed by atoms with Gasteiger partial charge in [0.25, 0.3) is 5.91 Å². The number of aromatic nitrogens is 2. The minimum Gasteiger partial charge on any atom is -0.347 e. The number of halogens is 3. The lowest BCUT2D eigenvalue weighted by atomic mass is 10.2. The van der Waals surface area contributed by atoms with Gasteiger partial charge < -0.3 is 5.32 Å². The SMILES string of the molecule is C=C(Br)CNC(=O)c1c(C)nn(Cc2ccccc2Cl)c1Cl. The molecule has 0 saturated heterocycles. The Balaban J connectivity index is 2.25. The minimum atomic E-state index is -0.284. The molecule has 0 aliphatic rings. The Bertz CT molecular complexity index is 728. The van der Waals surface area contributed by atoms with Crippen molar-refractivity contribution in [3.8, 4) is 0 Å². The molecule has 7 heteroatoms. The molecule has 116 valence electrons. The van der Waals surface area contributed by atoms with Crippen molar-refractivity contribution in [2.45, 2.75) is 13.5 Å². The number of benzene rings is 1. The fraction of sp³-hybridized carbons (Fsp3) is 0.200. The van der Waals surface area contributed by atoms with Gasteiger partial charge in [-0.05, 0) is 18.6 Å². The number of carbonyl (C=O) groups excluding carboxylic acids is 1. The zero-order valence-corrected chi connectivity index (χ0v) is 15.0. The van der Waals surface area contributed by atoms with E-state index in [-0.39, 0.29) is 11.1 Å². The van der Waals surface area contributed by atoms with Crippen molar-refractivity contribution in [2.75, 3.05) is 6.54 Å². The second-order valence-corrected chi connectivity index (χ2v) is 6.59. The van der Waals surface area contributed by atoms with Crippen molar-refractivity contribution in [3.05, 3.63) is 62.3 Å². The molecule has 0 saturated carbocycles. The molecule has 1 aromatic carbocycles. The second kappa shape index (κ2) is 7.31. The number of amides is 1. The van der Waals surface area contributed by atoms with Crippen LogP contribution in [0.4, 0.5) is 0 Å². The summed E-state index contributed by atoms with van der Waals surface area (Å²) in [5.41, 5.74) is 1.81. The average Bonchev–Trinajstić information content (AvgIpc) is 2.73. The summed E-state index contributed by atoms with van der Waals surface area (Å²) in [6.07, 6.45) is 0.